The van der Waals surface area contributed by atoms with Crippen molar-refractivity contribution in [2.45, 2.75) is 32.2 Å². The molecule has 0 saturated carbocycles. The van der Waals surface area contributed by atoms with Gasteiger partial charge in [0.25, 0.3) is 0 Å². The molecule has 0 aliphatic carbocycles. The maximum absolute atomic E-state index is 13.8. The second-order valence-corrected chi connectivity index (χ2v) is 8.76. The maximum atomic E-state index is 13.8. The lowest BCUT2D eigenvalue weighted by atomic mass is 10.2. The van der Waals surface area contributed by atoms with E-state index in [9.17, 15) is 13.2 Å². The molecule has 35 heavy (non-hydrogen) atoms. The van der Waals surface area contributed by atoms with Crippen LogP contribution in [0.1, 0.15) is 13.8 Å². The molecule has 11 nitrogen and oxygen atoms in total. The average Bonchev–Trinajstić information content (AvgIpc) is 2.83. The van der Waals surface area contributed by atoms with Crippen LogP contribution >= 0.6 is 0 Å². The highest BCUT2D eigenvalue weighted by Crippen LogP contribution is 2.36. The number of halogens is 3. The third-order valence-electron chi connectivity index (χ3n) is 6.15. The van der Waals surface area contributed by atoms with Crippen molar-refractivity contribution in [2.75, 3.05) is 73.7 Å². The molecule has 2 aliphatic rings. The molecule has 2 saturated heterocycles. The minimum atomic E-state index is -4.48. The predicted molar refractivity (Wildman–Crippen MR) is 127 cm³/mol. The second-order valence-electron chi connectivity index (χ2n) is 8.76. The molecule has 5 N–H and O–H groups in total. The fraction of sp³-hybridized carbons (Fsp3) is 0.619. The largest absolute Gasteiger partial charge is 0.406 e. The first-order chi connectivity index (χ1) is 16.6. The summed E-state index contributed by atoms with van der Waals surface area (Å²) >= 11 is 0. The third kappa shape index (κ3) is 6.00. The van der Waals surface area contributed by atoms with Crippen LogP contribution in [-0.2, 0) is 4.74 Å². The zero-order chi connectivity index (χ0) is 25.2. The lowest BCUT2D eigenvalue weighted by Gasteiger charge is -2.43. The van der Waals surface area contributed by atoms with Crippen molar-refractivity contribution in [3.8, 4) is 11.4 Å². The summed E-state index contributed by atoms with van der Waals surface area (Å²) in [5.74, 6) is 0.615. The van der Waals surface area contributed by atoms with Crippen molar-refractivity contribution >= 4 is 23.3 Å². The van der Waals surface area contributed by atoms with E-state index in [0.717, 1.165) is 0 Å². The monoisotopic (exact) mass is 496 g/mol. The molecule has 14 heteroatoms. The van der Waals surface area contributed by atoms with Crippen LogP contribution in [0.4, 0.5) is 36.4 Å². The Labute approximate surface area is 201 Å². The Morgan fingerprint density at radius 1 is 1.17 bits per heavy atom. The molecule has 2 atom stereocenters. The Morgan fingerprint density at radius 3 is 2.49 bits per heavy atom. The van der Waals surface area contributed by atoms with Crippen molar-refractivity contribution in [1.29, 1.82) is 0 Å². The Hall–Kier alpha value is -2.97. The Balaban J connectivity index is 1.82. The fourth-order valence-electron chi connectivity index (χ4n) is 4.34. The van der Waals surface area contributed by atoms with Gasteiger partial charge < -0.3 is 31.3 Å². The minimum absolute atomic E-state index is 0.0179. The van der Waals surface area contributed by atoms with E-state index < -0.39 is 18.9 Å². The zero-order valence-electron chi connectivity index (χ0n) is 19.8. The number of rotatable bonds is 6. The summed E-state index contributed by atoms with van der Waals surface area (Å²) in [6.45, 7) is 6.32. The van der Waals surface area contributed by atoms with Gasteiger partial charge in [0.05, 0.1) is 24.9 Å². The number of ether oxygens (including phenoxy) is 1. The smallest absolute Gasteiger partial charge is 0.393 e. The van der Waals surface area contributed by atoms with Crippen LogP contribution < -0.4 is 26.6 Å². The summed E-state index contributed by atoms with van der Waals surface area (Å²) in [6, 6.07) is 0.146. The Bertz CT molecular complexity index is 1000. The molecule has 2 aromatic heterocycles. The quantitative estimate of drug-likeness (QED) is 0.527. The summed E-state index contributed by atoms with van der Waals surface area (Å²) in [5, 5.41) is 3.32. The molecule has 192 valence electrons. The van der Waals surface area contributed by atoms with Crippen molar-refractivity contribution in [1.82, 2.24) is 30.2 Å². The Morgan fingerprint density at radius 2 is 1.86 bits per heavy atom. The molecule has 0 amide bonds. The van der Waals surface area contributed by atoms with E-state index in [1.54, 1.807) is 6.92 Å². The lowest BCUT2D eigenvalue weighted by molar-refractivity contribution is -0.122. The molecule has 0 bridgehead atoms. The van der Waals surface area contributed by atoms with Crippen molar-refractivity contribution in [3.63, 3.8) is 0 Å². The van der Waals surface area contributed by atoms with Crippen LogP contribution in [0.2, 0.25) is 0 Å². The number of morpholine rings is 1. The fourth-order valence-corrected chi connectivity index (χ4v) is 4.34. The summed E-state index contributed by atoms with van der Waals surface area (Å²) in [7, 11) is 0. The van der Waals surface area contributed by atoms with Crippen LogP contribution in [0.5, 0.6) is 0 Å². The number of nitrogens with one attached hydrogen (secondary N) is 1. The zero-order valence-corrected chi connectivity index (χ0v) is 19.8. The number of anilines is 4. The standard InChI is InChI=1S/C21H31F3N10O/c1-13-11-33(4-3-27-13)14(2)34(12-21(22,23)24)19-16(25)18(32-5-7-35-8-6-32)30-17(31-19)15-9-28-20(26)29-10-15/h9-10,13-14,27H,3-8,11-12,25H2,1-2H3,(H2,26,28,29)/t13-,14?/m1/s1. The summed E-state index contributed by atoms with van der Waals surface area (Å²) in [4.78, 5) is 22.2. The van der Waals surface area contributed by atoms with E-state index in [1.807, 2.05) is 16.7 Å². The maximum Gasteiger partial charge on any atom is 0.406 e. The average molecular weight is 497 g/mol. The van der Waals surface area contributed by atoms with Gasteiger partial charge in [-0.15, -0.1) is 0 Å². The van der Waals surface area contributed by atoms with E-state index >= 15 is 0 Å². The van der Waals surface area contributed by atoms with E-state index in [1.165, 1.54) is 17.3 Å². The number of aromatic nitrogens is 4. The molecule has 0 aromatic carbocycles. The van der Waals surface area contributed by atoms with E-state index in [-0.39, 0.29) is 29.3 Å². The van der Waals surface area contributed by atoms with E-state index in [4.69, 9.17) is 16.2 Å². The van der Waals surface area contributed by atoms with Crippen molar-refractivity contribution < 1.29 is 17.9 Å². The number of alkyl halides is 3. The first-order valence-electron chi connectivity index (χ1n) is 11.5. The summed E-state index contributed by atoms with van der Waals surface area (Å²) in [6.07, 6.45) is -2.21. The van der Waals surface area contributed by atoms with Crippen LogP contribution in [-0.4, -0.2) is 95.7 Å². The molecule has 4 heterocycles. The second kappa shape index (κ2) is 10.3. The van der Waals surface area contributed by atoms with Gasteiger partial charge in [0.15, 0.2) is 17.5 Å². The Kier molecular flexibility index (Phi) is 7.42. The van der Waals surface area contributed by atoms with Gasteiger partial charge in [-0.3, -0.25) is 4.90 Å². The van der Waals surface area contributed by atoms with Gasteiger partial charge in [-0.1, -0.05) is 0 Å². The highest BCUT2D eigenvalue weighted by Gasteiger charge is 2.38. The van der Waals surface area contributed by atoms with Gasteiger partial charge >= 0.3 is 6.18 Å². The van der Waals surface area contributed by atoms with Crippen LogP contribution in [0.15, 0.2) is 12.4 Å². The number of nitrogens with zero attached hydrogens (tertiary/aromatic N) is 7. The molecule has 0 spiro atoms. The number of nitrogens with two attached hydrogens (primary N) is 2. The van der Waals surface area contributed by atoms with Gasteiger partial charge in [-0.2, -0.15) is 13.2 Å². The highest BCUT2D eigenvalue weighted by atomic mass is 19.4. The molecular formula is C21H31F3N10O. The van der Waals surface area contributed by atoms with Crippen LogP contribution in [0, 0.1) is 0 Å². The van der Waals surface area contributed by atoms with Crippen molar-refractivity contribution in [2.24, 2.45) is 0 Å². The predicted octanol–water partition coefficient (Wildman–Crippen LogP) is 0.943. The third-order valence-corrected chi connectivity index (χ3v) is 6.15. The number of hydrogen-bond acceptors (Lipinski definition) is 11. The number of hydrogen-bond donors (Lipinski definition) is 3. The topological polar surface area (TPSA) is 135 Å². The molecule has 1 unspecified atom stereocenters. The molecular weight excluding hydrogens is 465 g/mol. The summed E-state index contributed by atoms with van der Waals surface area (Å²) < 4.78 is 46.9. The number of piperazine rings is 1. The molecule has 4 rings (SSSR count). The van der Waals surface area contributed by atoms with Gasteiger partial charge in [-0.05, 0) is 13.8 Å². The molecule has 2 aromatic rings. The van der Waals surface area contributed by atoms with Crippen molar-refractivity contribution in [3.05, 3.63) is 12.4 Å². The SMILES string of the molecule is CC(N1CCN[C@H](C)C1)N(CC(F)(F)F)c1nc(-c2cnc(N)nc2)nc(N2CCOCC2)c1N. The van der Waals surface area contributed by atoms with E-state index in [0.29, 0.717) is 57.3 Å². The van der Waals surface area contributed by atoms with Gasteiger partial charge in [0.2, 0.25) is 5.95 Å². The highest BCUT2D eigenvalue weighted by molar-refractivity contribution is 5.79. The van der Waals surface area contributed by atoms with Crippen LogP contribution in [0.25, 0.3) is 11.4 Å². The molecule has 0 radical (unpaired) electrons. The molecule has 2 fully saturated rings. The molecule has 2 aliphatic heterocycles. The van der Waals surface area contributed by atoms with Crippen LogP contribution in [0.3, 0.4) is 0 Å². The first kappa shape index (κ1) is 25.1. The normalized spacial score (nSPS) is 20.6. The minimum Gasteiger partial charge on any atom is -0.393 e. The van der Waals surface area contributed by atoms with Gasteiger partial charge in [0, 0.05) is 51.2 Å². The van der Waals surface area contributed by atoms with Gasteiger partial charge in [0.1, 0.15) is 12.2 Å². The lowest BCUT2D eigenvalue weighted by Crippen LogP contribution is -2.58. The van der Waals surface area contributed by atoms with E-state index in [2.05, 4.69) is 25.3 Å². The first-order valence-corrected chi connectivity index (χ1v) is 11.5. The van der Waals surface area contributed by atoms with Gasteiger partial charge in [-0.25, -0.2) is 19.9 Å². The number of nitrogen functional groups attached to an aromatic ring is 2. The summed E-state index contributed by atoms with van der Waals surface area (Å²) in [5.41, 5.74) is 12.6.